The number of amidine groups is 1. The Morgan fingerprint density at radius 1 is 0.381 bits per heavy atom. The van der Waals surface area contributed by atoms with Crippen molar-refractivity contribution in [3.8, 4) is 0 Å². The predicted octanol–water partition coefficient (Wildman–Crippen LogP) is 9.68. The van der Waals surface area contributed by atoms with E-state index in [0.29, 0.717) is 104 Å². The Labute approximate surface area is 740 Å². The molecule has 2 heterocycles. The number of unbranched alkanes of at least 4 members (excludes halogenated alkanes) is 11. The summed E-state index contributed by atoms with van der Waals surface area (Å²) in [6, 6.07) is 42.7. The van der Waals surface area contributed by atoms with E-state index >= 15 is 0 Å². The quantitative estimate of drug-likeness (QED) is 0.00558. The first-order valence-corrected chi connectivity index (χ1v) is 47.7. The smallest absolute Gasteiger partial charge is 0.289 e. The zero-order valence-corrected chi connectivity index (χ0v) is 73.9. The first-order chi connectivity index (χ1) is 60.8. The summed E-state index contributed by atoms with van der Waals surface area (Å²) in [5.74, 6) is -6.08. The number of fused-ring (bicyclic) bond motifs is 2. The fourth-order valence-electron chi connectivity index (χ4n) is 16.8. The van der Waals surface area contributed by atoms with Crippen LogP contribution in [0.3, 0.4) is 0 Å². The van der Waals surface area contributed by atoms with E-state index in [1.165, 1.54) is 34.1 Å². The maximum Gasteiger partial charge on any atom is 0.289 e. The molecule has 0 aromatic heterocycles. The number of sulfonamides is 2. The third kappa shape index (κ3) is 30.7. The van der Waals surface area contributed by atoms with Gasteiger partial charge in [0.05, 0.1) is 37.9 Å². The van der Waals surface area contributed by atoms with Crippen LogP contribution in [0.1, 0.15) is 233 Å². The molecule has 6 aromatic rings. The Hall–Kier alpha value is -11.0. The average molecular weight is 1770 g/mol. The maximum atomic E-state index is 14.2. The third-order valence-electron chi connectivity index (χ3n) is 23.7. The number of nitrogens with one attached hydrogen (secondary N) is 8. The Balaban J connectivity index is 0.000000285. The lowest BCUT2D eigenvalue weighted by atomic mass is 9.85. The van der Waals surface area contributed by atoms with Crippen LogP contribution in [0.5, 0.6) is 0 Å². The number of carbonyl (C=O) groups is 12. The Bertz CT molecular complexity index is 4810. The second kappa shape index (κ2) is 51.6. The lowest BCUT2D eigenvalue weighted by molar-refractivity contribution is -0.140. The predicted molar refractivity (Wildman–Crippen MR) is 481 cm³/mol. The number of carbonyl (C=O) groups excluding carboxylic acids is 12. The second-order valence-corrected chi connectivity index (χ2v) is 36.5. The minimum absolute atomic E-state index is 0.00423. The third-order valence-corrected chi connectivity index (χ3v) is 26.6. The van der Waals surface area contributed by atoms with Crippen molar-refractivity contribution >= 4 is 96.5 Å². The highest BCUT2D eigenvalue weighted by Gasteiger charge is 2.40. The normalized spacial score (nSPS) is 15.6. The molecular formula is C95H125N13O16S2. The van der Waals surface area contributed by atoms with Gasteiger partial charge in [-0.05, 0) is 168 Å². The zero-order valence-electron chi connectivity index (χ0n) is 72.3. The lowest BCUT2D eigenvalue weighted by Crippen LogP contribution is -2.55. The van der Waals surface area contributed by atoms with Gasteiger partial charge >= 0.3 is 0 Å². The van der Waals surface area contributed by atoms with Crippen LogP contribution >= 0.6 is 0 Å². The summed E-state index contributed by atoms with van der Waals surface area (Å²) < 4.78 is 55.2. The van der Waals surface area contributed by atoms with Crippen molar-refractivity contribution < 1.29 is 74.4 Å². The van der Waals surface area contributed by atoms with Crippen molar-refractivity contribution in [1.82, 2.24) is 51.1 Å². The monoisotopic (exact) mass is 1770 g/mol. The number of Topliss-reactive ketones (excluding diaryl/α,β-unsaturated/α-hetero) is 2. The molecule has 12 N–H and O–H groups in total. The van der Waals surface area contributed by atoms with E-state index in [0.717, 1.165) is 128 Å². The number of ketones is 2. The Morgan fingerprint density at radius 3 is 1.04 bits per heavy atom. The summed E-state index contributed by atoms with van der Waals surface area (Å²) in [5.41, 5.74) is 14.8. The molecule has 29 nitrogen and oxygen atoms in total. The minimum atomic E-state index is -3.83. The number of amides is 10. The molecule has 2 aliphatic carbocycles. The van der Waals surface area contributed by atoms with Gasteiger partial charge in [0.1, 0.15) is 24.2 Å². The lowest BCUT2D eigenvalue weighted by Gasteiger charge is -2.27. The SMILES string of the molecule is CC(N)=NCCC[C@H](NC(=O)C(CCCCCCCCN1C(=O)c2ccccc2C1=O)C1CCCC1)C(=O)N[C@@H](Cc1ccccc1)C(=O)C(=O)NCCNS(=O)(=O)c1ccccc1.NCCCC[C@H](NC(=O)C(CCCCCCCCN1C(=O)c2ccccc2C1=O)C1CCCC1)C(=O)N[C@@H](Cc1ccccc1)C(=O)C(=O)NCCNS(=O)(=O)c1ccccc1. The van der Waals surface area contributed by atoms with E-state index in [4.69, 9.17) is 11.5 Å². The van der Waals surface area contributed by atoms with Crippen LogP contribution in [-0.2, 0) is 71.2 Å². The van der Waals surface area contributed by atoms with Crippen molar-refractivity contribution in [3.05, 3.63) is 203 Å². The van der Waals surface area contributed by atoms with E-state index in [1.54, 1.807) is 140 Å². The molecule has 2 unspecified atom stereocenters. The zero-order chi connectivity index (χ0) is 90.2. The molecule has 126 heavy (non-hydrogen) atoms. The summed E-state index contributed by atoms with van der Waals surface area (Å²) in [6.07, 6.45) is 21.9. The molecule has 6 aromatic carbocycles. The van der Waals surface area contributed by atoms with Crippen molar-refractivity contribution in [2.75, 3.05) is 52.4 Å². The molecule has 10 amide bonds. The molecule has 0 saturated heterocycles. The highest BCUT2D eigenvalue weighted by atomic mass is 32.2. The molecular weight excluding hydrogens is 1640 g/mol. The first kappa shape index (κ1) is 98.8. The van der Waals surface area contributed by atoms with Gasteiger partial charge in [0, 0.05) is 70.5 Å². The number of hydrogen-bond acceptors (Lipinski definition) is 18. The molecule has 10 rings (SSSR count). The molecule has 0 bridgehead atoms. The summed E-state index contributed by atoms with van der Waals surface area (Å²) in [5, 5.41) is 16.6. The summed E-state index contributed by atoms with van der Waals surface area (Å²) >= 11 is 0. The standard InChI is InChI=1S/C48H63N7O8S.C47H62N6O8S/c1-34(49)50-29-18-28-41(45(58)54-42(33-35-19-8-6-9-20-35)43(56)46(59)51-30-31-52-64(62,63)37-23-10-7-11-24-37)53-44(57)38(36-21-13-14-22-36)25-12-4-2-3-5-17-32-55-47(60)39-26-15-16-27-40(39)48(55)61;48-29-17-16-28-40(44(56)52-41(33-34-19-7-5-8-20-34)42(54)45(57)49-30-31-50-62(60,61)36-23-9-6-10-24-36)51-43(55)37(35-21-12-13-22-35)25-11-3-1-2-4-18-32-53-46(58)38-26-14-15-27-39(38)47(53)59/h6-11,15-16,19-20,23-24,26-27,36,38,41-42,52H,2-5,12-14,17-18,21-22,25,28-33H2,1H3,(H2,49,50)(H,51,59)(H,53,57)(H,54,58);5-10,14-15,19-20,23-24,26-27,35,37,40-41,50H,1-4,11-13,16-18,21-22,25,28-33,48H2,(H,49,57)(H,51,55)(H,52,56)/t38?,41-,42-;37?,40-,41-/m00/s1. The van der Waals surface area contributed by atoms with Gasteiger partial charge in [-0.3, -0.25) is 72.3 Å². The fourth-order valence-corrected chi connectivity index (χ4v) is 18.9. The van der Waals surface area contributed by atoms with Crippen LogP contribution in [-0.4, -0.2) is 180 Å². The minimum Gasteiger partial charge on any atom is -0.388 e. The number of aliphatic imine (C=N–C) groups is 1. The highest BCUT2D eigenvalue weighted by Crippen LogP contribution is 2.37. The molecule has 4 aliphatic rings. The van der Waals surface area contributed by atoms with Crippen molar-refractivity contribution in [3.63, 3.8) is 0 Å². The molecule has 2 aliphatic heterocycles. The van der Waals surface area contributed by atoms with Gasteiger partial charge in [0.25, 0.3) is 35.4 Å². The summed E-state index contributed by atoms with van der Waals surface area (Å²) in [7, 11) is -7.65. The number of rotatable bonds is 54. The van der Waals surface area contributed by atoms with E-state index in [-0.39, 0.29) is 114 Å². The number of nitrogens with two attached hydrogens (primary N) is 2. The van der Waals surface area contributed by atoms with Crippen LogP contribution < -0.4 is 52.8 Å². The number of benzene rings is 6. The van der Waals surface area contributed by atoms with Gasteiger partial charge in [-0.2, -0.15) is 0 Å². The molecule has 31 heteroatoms. The number of imide groups is 2. The van der Waals surface area contributed by atoms with E-state index in [2.05, 4.69) is 46.3 Å². The van der Waals surface area contributed by atoms with Gasteiger partial charge in [0.15, 0.2) is 0 Å². The summed E-state index contributed by atoms with van der Waals surface area (Å²) in [6.45, 7) is 2.51. The van der Waals surface area contributed by atoms with Crippen LogP contribution in [0.4, 0.5) is 0 Å². The Morgan fingerprint density at radius 2 is 0.690 bits per heavy atom. The largest absolute Gasteiger partial charge is 0.388 e. The average Bonchev–Trinajstić information content (AvgIpc) is 1.64. The van der Waals surface area contributed by atoms with Crippen molar-refractivity contribution in [2.45, 2.75) is 227 Å². The topological polar surface area (TPSA) is 440 Å². The fraction of sp³-hybridized carbons (Fsp3) is 0.484. The molecule has 0 radical (unpaired) electrons. The first-order valence-electron chi connectivity index (χ1n) is 44.8. The van der Waals surface area contributed by atoms with E-state index in [1.807, 2.05) is 12.1 Å². The van der Waals surface area contributed by atoms with Crippen molar-refractivity contribution in [1.29, 1.82) is 0 Å². The van der Waals surface area contributed by atoms with Crippen molar-refractivity contribution in [2.24, 2.45) is 40.1 Å². The van der Waals surface area contributed by atoms with Gasteiger partial charge in [-0.1, -0.05) is 211 Å². The molecule has 0 spiro atoms. The van der Waals surface area contributed by atoms with Gasteiger partial charge in [-0.25, -0.2) is 26.3 Å². The van der Waals surface area contributed by atoms with Crippen LogP contribution in [0.2, 0.25) is 0 Å². The highest BCUT2D eigenvalue weighted by molar-refractivity contribution is 7.89. The summed E-state index contributed by atoms with van der Waals surface area (Å²) in [4.78, 5) is 168. The number of hydrogen-bond donors (Lipinski definition) is 10. The van der Waals surface area contributed by atoms with Gasteiger partial charge < -0.3 is 43.4 Å². The van der Waals surface area contributed by atoms with Gasteiger partial charge in [-0.15, -0.1) is 0 Å². The second-order valence-electron chi connectivity index (χ2n) is 33.0. The van der Waals surface area contributed by atoms with E-state index < -0.39 is 79.4 Å². The maximum absolute atomic E-state index is 14.2. The van der Waals surface area contributed by atoms with Crippen LogP contribution in [0, 0.1) is 23.7 Å². The molecule has 6 atom stereocenters. The van der Waals surface area contributed by atoms with E-state index in [9.17, 15) is 74.4 Å². The van der Waals surface area contributed by atoms with Crippen LogP contribution in [0.25, 0.3) is 0 Å². The molecule has 678 valence electrons. The molecule has 2 saturated carbocycles. The molecule has 2 fully saturated rings. The Kier molecular flexibility index (Phi) is 40.4. The van der Waals surface area contributed by atoms with Crippen LogP contribution in [0.15, 0.2) is 185 Å². The number of nitrogens with zero attached hydrogens (tertiary/aromatic N) is 3. The van der Waals surface area contributed by atoms with Gasteiger partial charge in [0.2, 0.25) is 55.2 Å².